The average molecular weight is 301 g/mol. The maximum atomic E-state index is 13.4. The van der Waals surface area contributed by atoms with E-state index in [4.69, 9.17) is 4.42 Å². The van der Waals surface area contributed by atoms with Gasteiger partial charge >= 0.3 is 0 Å². The summed E-state index contributed by atoms with van der Waals surface area (Å²) >= 11 is 3.01. The van der Waals surface area contributed by atoms with Crippen LogP contribution < -0.4 is 0 Å². The zero-order valence-electron chi connectivity index (χ0n) is 8.54. The van der Waals surface area contributed by atoms with Crippen molar-refractivity contribution >= 4 is 21.7 Å². The van der Waals surface area contributed by atoms with E-state index in [1.165, 1.54) is 18.2 Å². The monoisotopic (exact) mass is 300 g/mol. The van der Waals surface area contributed by atoms with Crippen LogP contribution in [-0.4, -0.2) is 11.1 Å². The van der Waals surface area contributed by atoms with E-state index < -0.39 is 11.6 Å². The lowest BCUT2D eigenvalue weighted by atomic mass is 10.1. The van der Waals surface area contributed by atoms with E-state index in [0.717, 1.165) is 12.1 Å². The molecule has 0 saturated carbocycles. The number of hydrogen-bond acceptors (Lipinski definition) is 2. The molecule has 0 unspecified atom stereocenters. The number of furan rings is 1. The van der Waals surface area contributed by atoms with Gasteiger partial charge in [-0.05, 0) is 24.3 Å². The van der Waals surface area contributed by atoms with E-state index >= 15 is 0 Å². The summed E-state index contributed by atoms with van der Waals surface area (Å²) in [7, 11) is 0. The van der Waals surface area contributed by atoms with Gasteiger partial charge in [-0.2, -0.15) is 0 Å². The van der Waals surface area contributed by atoms with Crippen molar-refractivity contribution < 1.29 is 18.0 Å². The predicted octanol–water partition coefficient (Wildman–Crippen LogP) is 3.80. The molecule has 0 saturated heterocycles. The number of benzene rings is 1. The van der Waals surface area contributed by atoms with Gasteiger partial charge in [-0.25, -0.2) is 8.78 Å². The first-order valence-corrected chi connectivity index (χ1v) is 5.88. The molecule has 0 radical (unpaired) electrons. The fourth-order valence-corrected chi connectivity index (χ4v) is 1.66. The second-order valence-electron chi connectivity index (χ2n) is 3.34. The van der Waals surface area contributed by atoms with Gasteiger partial charge in [0.25, 0.3) is 0 Å². The number of rotatable bonds is 3. The molecule has 17 heavy (non-hydrogen) atoms. The molecule has 0 amide bonds. The minimum Gasteiger partial charge on any atom is -0.453 e. The van der Waals surface area contributed by atoms with E-state index in [9.17, 15) is 13.6 Å². The molecule has 0 aliphatic carbocycles. The summed E-state index contributed by atoms with van der Waals surface area (Å²) in [5.74, 6) is -1.28. The Hall–Kier alpha value is -1.49. The average Bonchev–Trinajstić information content (AvgIpc) is 2.77. The maximum absolute atomic E-state index is 13.4. The van der Waals surface area contributed by atoms with Crippen LogP contribution in [-0.2, 0) is 0 Å². The van der Waals surface area contributed by atoms with Gasteiger partial charge in [-0.1, -0.05) is 15.9 Å². The number of Topliss-reactive ketones (excluding diaryl/α,β-unsaturated/α-hetero) is 1. The van der Waals surface area contributed by atoms with Crippen molar-refractivity contribution in [2.75, 3.05) is 5.33 Å². The zero-order valence-corrected chi connectivity index (χ0v) is 10.1. The third-order valence-corrected chi connectivity index (χ3v) is 2.71. The molecule has 1 heterocycles. The summed E-state index contributed by atoms with van der Waals surface area (Å²) in [6.07, 6.45) is 0. The Bertz CT molecular complexity index is 563. The van der Waals surface area contributed by atoms with Gasteiger partial charge in [0, 0.05) is 6.07 Å². The molecule has 88 valence electrons. The molecule has 0 fully saturated rings. The molecule has 0 atom stereocenters. The molecule has 1 aromatic heterocycles. The molecule has 0 aliphatic rings. The molecule has 0 N–H and O–H groups in total. The molecule has 0 spiro atoms. The minimum atomic E-state index is -0.725. The second-order valence-corrected chi connectivity index (χ2v) is 3.91. The molecule has 0 aliphatic heterocycles. The van der Waals surface area contributed by atoms with Crippen molar-refractivity contribution in [3.05, 3.63) is 47.7 Å². The molecule has 2 nitrogen and oxygen atoms in total. The number of halogens is 3. The summed E-state index contributed by atoms with van der Waals surface area (Å²) in [5, 5.41) is 0.131. The molecule has 5 heteroatoms. The molecular weight excluding hydrogens is 294 g/mol. The topological polar surface area (TPSA) is 30.2 Å². The Kier molecular flexibility index (Phi) is 3.38. The van der Waals surface area contributed by atoms with Gasteiger partial charge in [0.05, 0.1) is 10.9 Å². The summed E-state index contributed by atoms with van der Waals surface area (Å²) in [6, 6.07) is 6.11. The molecule has 2 rings (SSSR count). The van der Waals surface area contributed by atoms with Crippen LogP contribution in [0.4, 0.5) is 8.78 Å². The third kappa shape index (κ3) is 2.44. The lowest BCUT2D eigenvalue weighted by Crippen LogP contribution is -1.96. The van der Waals surface area contributed by atoms with Crippen LogP contribution >= 0.6 is 15.9 Å². The third-order valence-electron chi connectivity index (χ3n) is 2.20. The van der Waals surface area contributed by atoms with Crippen LogP contribution in [0.5, 0.6) is 0 Å². The Morgan fingerprint density at radius 3 is 2.65 bits per heavy atom. The fraction of sp³-hybridized carbons (Fsp3) is 0.0833. The Morgan fingerprint density at radius 2 is 2.00 bits per heavy atom. The second kappa shape index (κ2) is 4.79. The van der Waals surface area contributed by atoms with E-state index in [2.05, 4.69) is 15.9 Å². The van der Waals surface area contributed by atoms with Crippen molar-refractivity contribution in [3.63, 3.8) is 0 Å². The maximum Gasteiger partial charge on any atom is 0.208 e. The van der Waals surface area contributed by atoms with Gasteiger partial charge in [-0.3, -0.25) is 4.79 Å². The smallest absolute Gasteiger partial charge is 0.208 e. The van der Waals surface area contributed by atoms with Crippen LogP contribution in [0.3, 0.4) is 0 Å². The lowest BCUT2D eigenvalue weighted by Gasteiger charge is -1.99. The number of ketones is 1. The molecular formula is C12H7BrF2O2. The van der Waals surface area contributed by atoms with Gasteiger partial charge < -0.3 is 4.42 Å². The van der Waals surface area contributed by atoms with Crippen LogP contribution in [0.2, 0.25) is 0 Å². The summed E-state index contributed by atoms with van der Waals surface area (Å²) in [4.78, 5) is 11.3. The summed E-state index contributed by atoms with van der Waals surface area (Å²) < 4.78 is 31.4. The highest BCUT2D eigenvalue weighted by molar-refractivity contribution is 9.09. The van der Waals surface area contributed by atoms with Crippen LogP contribution in [0.25, 0.3) is 11.3 Å². The highest BCUT2D eigenvalue weighted by Crippen LogP contribution is 2.25. The first-order chi connectivity index (χ1) is 8.11. The number of hydrogen-bond donors (Lipinski definition) is 0. The number of carbonyl (C=O) groups is 1. The van der Waals surface area contributed by atoms with Crippen LogP contribution in [0, 0.1) is 11.6 Å². The van der Waals surface area contributed by atoms with Crippen LogP contribution in [0.15, 0.2) is 34.7 Å². The van der Waals surface area contributed by atoms with E-state index in [-0.39, 0.29) is 28.2 Å². The largest absolute Gasteiger partial charge is 0.453 e. The Labute approximate surface area is 104 Å². The first kappa shape index (κ1) is 12.0. The standard InChI is InChI=1S/C12H7BrF2O2/c13-6-10(16)12-4-3-11(17-12)8-2-1-7(14)5-9(8)15/h1-5H,6H2. The molecule has 1 aromatic carbocycles. The van der Waals surface area contributed by atoms with E-state index in [1.807, 2.05) is 0 Å². The predicted molar refractivity (Wildman–Crippen MR) is 62.2 cm³/mol. The van der Waals surface area contributed by atoms with Gasteiger partial charge in [0.2, 0.25) is 5.78 Å². The zero-order chi connectivity index (χ0) is 12.4. The highest BCUT2D eigenvalue weighted by Gasteiger charge is 2.13. The molecule has 2 aromatic rings. The minimum absolute atomic E-state index is 0.125. The van der Waals surface area contributed by atoms with Gasteiger partial charge in [0.15, 0.2) is 5.76 Å². The lowest BCUT2D eigenvalue weighted by molar-refractivity contribution is 0.0994. The van der Waals surface area contributed by atoms with Crippen molar-refractivity contribution in [3.8, 4) is 11.3 Å². The SMILES string of the molecule is O=C(CBr)c1ccc(-c2ccc(F)cc2F)o1. The van der Waals surface area contributed by atoms with Crippen molar-refractivity contribution in [1.29, 1.82) is 0 Å². The van der Waals surface area contributed by atoms with Crippen molar-refractivity contribution in [2.24, 2.45) is 0 Å². The normalized spacial score (nSPS) is 10.5. The van der Waals surface area contributed by atoms with E-state index in [1.54, 1.807) is 0 Å². The van der Waals surface area contributed by atoms with Gasteiger partial charge in [-0.15, -0.1) is 0 Å². The summed E-state index contributed by atoms with van der Waals surface area (Å²) in [6.45, 7) is 0. The first-order valence-electron chi connectivity index (χ1n) is 4.76. The highest BCUT2D eigenvalue weighted by atomic mass is 79.9. The molecule has 0 bridgehead atoms. The van der Waals surface area contributed by atoms with Crippen molar-refractivity contribution in [2.45, 2.75) is 0 Å². The van der Waals surface area contributed by atoms with Gasteiger partial charge in [0.1, 0.15) is 17.4 Å². The fourth-order valence-electron chi connectivity index (χ4n) is 1.39. The Morgan fingerprint density at radius 1 is 1.24 bits per heavy atom. The number of carbonyl (C=O) groups excluding carboxylic acids is 1. The van der Waals surface area contributed by atoms with E-state index in [0.29, 0.717) is 0 Å². The summed E-state index contributed by atoms with van der Waals surface area (Å²) in [5.41, 5.74) is 0.125. The quantitative estimate of drug-likeness (QED) is 0.637. The number of alkyl halides is 1. The van der Waals surface area contributed by atoms with Crippen LogP contribution in [0.1, 0.15) is 10.6 Å². The van der Waals surface area contributed by atoms with Crippen molar-refractivity contribution in [1.82, 2.24) is 0 Å². The Balaban J connectivity index is 2.40.